The number of ether oxygens (including phenoxy) is 1. The number of rotatable bonds is 4. The van der Waals surface area contributed by atoms with E-state index in [0.29, 0.717) is 13.2 Å². The maximum atomic E-state index is 12.5. The van der Waals surface area contributed by atoms with Crippen LogP contribution in [-0.2, 0) is 9.53 Å². The van der Waals surface area contributed by atoms with Crippen molar-refractivity contribution in [3.63, 3.8) is 0 Å². The number of aryl methyl sites for hydroxylation is 2. The molecule has 27 heavy (non-hydrogen) atoms. The normalized spacial score (nSPS) is 20.1. The molecule has 0 aliphatic carbocycles. The molecule has 2 N–H and O–H groups in total. The van der Waals surface area contributed by atoms with Crippen molar-refractivity contribution in [1.29, 1.82) is 0 Å². The van der Waals surface area contributed by atoms with E-state index >= 15 is 0 Å². The van der Waals surface area contributed by atoms with Gasteiger partial charge in [0, 0.05) is 12.2 Å². The zero-order valence-corrected chi connectivity index (χ0v) is 17.7. The Balaban J connectivity index is 0.00000182. The molecule has 0 radical (unpaired) electrons. The number of amides is 1. The van der Waals surface area contributed by atoms with Crippen LogP contribution in [0.4, 0.5) is 0 Å². The van der Waals surface area contributed by atoms with Crippen molar-refractivity contribution in [2.24, 2.45) is 0 Å². The lowest BCUT2D eigenvalue weighted by atomic mass is 10.1. The van der Waals surface area contributed by atoms with Gasteiger partial charge in [-0.2, -0.15) is 5.10 Å². The van der Waals surface area contributed by atoms with Gasteiger partial charge in [0.05, 0.1) is 30.1 Å². The van der Waals surface area contributed by atoms with Gasteiger partial charge in [-0.15, -0.1) is 24.8 Å². The molecule has 2 aromatic rings. The second-order valence-electron chi connectivity index (χ2n) is 6.67. The third-order valence-corrected chi connectivity index (χ3v) is 4.60. The number of nitrogens with one attached hydrogen (secondary N) is 2. The summed E-state index contributed by atoms with van der Waals surface area (Å²) >= 11 is 0. The minimum Gasteiger partial charge on any atom is -0.375 e. The molecule has 8 heteroatoms. The Hall–Kier alpha value is -1.60. The Labute approximate surface area is 172 Å². The lowest BCUT2D eigenvalue weighted by molar-refractivity contribution is -0.129. The van der Waals surface area contributed by atoms with Crippen molar-refractivity contribution in [3.05, 3.63) is 47.3 Å². The molecule has 2 heterocycles. The summed E-state index contributed by atoms with van der Waals surface area (Å²) in [5, 5.41) is 10.8. The largest absolute Gasteiger partial charge is 0.375 e. The Kier molecular flexibility index (Phi) is 8.75. The maximum absolute atomic E-state index is 12.5. The topological polar surface area (TPSA) is 68.2 Å². The predicted octanol–water partition coefficient (Wildman–Crippen LogP) is 2.89. The number of halogens is 2. The molecule has 1 saturated heterocycles. The van der Waals surface area contributed by atoms with Crippen LogP contribution in [0.2, 0.25) is 0 Å². The van der Waals surface area contributed by atoms with Crippen LogP contribution >= 0.6 is 24.8 Å². The van der Waals surface area contributed by atoms with Gasteiger partial charge in [-0.25, -0.2) is 4.68 Å². The van der Waals surface area contributed by atoms with E-state index in [4.69, 9.17) is 4.74 Å². The van der Waals surface area contributed by atoms with E-state index in [9.17, 15) is 4.79 Å². The van der Waals surface area contributed by atoms with Crippen molar-refractivity contribution in [2.75, 3.05) is 13.2 Å². The fourth-order valence-corrected chi connectivity index (χ4v) is 3.21. The van der Waals surface area contributed by atoms with Crippen molar-refractivity contribution < 1.29 is 9.53 Å². The van der Waals surface area contributed by atoms with Gasteiger partial charge in [0.15, 0.2) is 0 Å². The molecule has 1 aromatic heterocycles. The molecule has 1 fully saturated rings. The zero-order valence-electron chi connectivity index (χ0n) is 16.1. The van der Waals surface area contributed by atoms with E-state index in [-0.39, 0.29) is 48.9 Å². The van der Waals surface area contributed by atoms with Crippen LogP contribution in [0.25, 0.3) is 5.69 Å². The van der Waals surface area contributed by atoms with Crippen LogP contribution in [0.5, 0.6) is 0 Å². The summed E-state index contributed by atoms with van der Waals surface area (Å²) in [5.74, 6) is -0.0256. The minimum atomic E-state index is -0.301. The lowest BCUT2D eigenvalue weighted by Gasteiger charge is -2.30. The van der Waals surface area contributed by atoms with E-state index in [1.54, 1.807) is 0 Å². The molecular weight excluding hydrogens is 387 g/mol. The summed E-state index contributed by atoms with van der Waals surface area (Å²) in [6, 6.07) is 9.81. The average Bonchev–Trinajstić information content (AvgIpc) is 2.93. The number of aromatic nitrogens is 2. The van der Waals surface area contributed by atoms with Crippen molar-refractivity contribution in [3.8, 4) is 5.69 Å². The third kappa shape index (κ3) is 5.45. The van der Waals surface area contributed by atoms with Crippen molar-refractivity contribution in [1.82, 2.24) is 20.4 Å². The van der Waals surface area contributed by atoms with Gasteiger partial charge in [0.25, 0.3) is 0 Å². The molecule has 0 saturated carbocycles. The summed E-state index contributed by atoms with van der Waals surface area (Å²) in [6.07, 6.45) is -0.116. The smallest absolute Gasteiger partial charge is 0.240 e. The molecule has 6 nitrogen and oxygen atoms in total. The first-order chi connectivity index (χ1) is 12.0. The first kappa shape index (κ1) is 23.4. The first-order valence-corrected chi connectivity index (χ1v) is 8.74. The number of hydrogen-bond acceptors (Lipinski definition) is 4. The van der Waals surface area contributed by atoms with E-state index in [2.05, 4.69) is 21.8 Å². The van der Waals surface area contributed by atoms with Gasteiger partial charge in [-0.05, 0) is 51.5 Å². The van der Waals surface area contributed by atoms with Crippen LogP contribution in [0, 0.1) is 13.8 Å². The van der Waals surface area contributed by atoms with Gasteiger partial charge >= 0.3 is 0 Å². The minimum absolute atomic E-state index is 0. The van der Waals surface area contributed by atoms with Gasteiger partial charge < -0.3 is 15.4 Å². The summed E-state index contributed by atoms with van der Waals surface area (Å²) in [5.41, 5.74) is 4.18. The number of nitrogens with zero attached hydrogens (tertiary/aromatic N) is 2. The molecule has 1 aliphatic rings. The molecule has 1 unspecified atom stereocenters. The molecule has 1 amide bonds. The van der Waals surface area contributed by atoms with E-state index < -0.39 is 0 Å². The molecule has 3 atom stereocenters. The molecule has 3 rings (SSSR count). The fourth-order valence-electron chi connectivity index (χ4n) is 3.21. The molecule has 1 aliphatic heterocycles. The van der Waals surface area contributed by atoms with E-state index in [1.165, 1.54) is 0 Å². The highest BCUT2D eigenvalue weighted by molar-refractivity contribution is 5.85. The summed E-state index contributed by atoms with van der Waals surface area (Å²) in [4.78, 5) is 12.5. The first-order valence-electron chi connectivity index (χ1n) is 8.74. The highest BCUT2D eigenvalue weighted by Gasteiger charge is 2.29. The number of carbonyl (C=O) groups is 1. The lowest BCUT2D eigenvalue weighted by Crippen LogP contribution is -2.55. The second kappa shape index (κ2) is 10.1. The van der Waals surface area contributed by atoms with Crippen LogP contribution in [0.15, 0.2) is 30.3 Å². The molecule has 0 bridgehead atoms. The van der Waals surface area contributed by atoms with Crippen molar-refractivity contribution in [2.45, 2.75) is 45.9 Å². The molecule has 150 valence electrons. The van der Waals surface area contributed by atoms with E-state index in [1.807, 2.05) is 56.6 Å². The Morgan fingerprint density at radius 2 is 1.96 bits per heavy atom. The SMILES string of the molecule is Cc1cc(C)n(-c2ccc(C(C)NC(=O)[C@H]3NCCO[C@@H]3C)cc2)n1.Cl.Cl. The molecular formula is C19H28Cl2N4O2. The van der Waals surface area contributed by atoms with Crippen LogP contribution in [0.1, 0.15) is 36.8 Å². The molecule has 0 spiro atoms. The Bertz CT molecular complexity index is 749. The average molecular weight is 415 g/mol. The highest BCUT2D eigenvalue weighted by Crippen LogP contribution is 2.18. The summed E-state index contributed by atoms with van der Waals surface area (Å²) < 4.78 is 7.47. The highest BCUT2D eigenvalue weighted by atomic mass is 35.5. The monoisotopic (exact) mass is 414 g/mol. The summed E-state index contributed by atoms with van der Waals surface area (Å²) in [7, 11) is 0. The van der Waals surface area contributed by atoms with E-state index in [0.717, 1.165) is 22.6 Å². The third-order valence-electron chi connectivity index (χ3n) is 4.60. The number of morpholine rings is 1. The van der Waals surface area contributed by atoms with Gasteiger partial charge in [0.1, 0.15) is 6.04 Å². The number of carbonyl (C=O) groups excluding carboxylic acids is 1. The van der Waals surface area contributed by atoms with Gasteiger partial charge in [-0.1, -0.05) is 12.1 Å². The molecule has 1 aromatic carbocycles. The maximum Gasteiger partial charge on any atom is 0.240 e. The zero-order chi connectivity index (χ0) is 18.0. The Morgan fingerprint density at radius 3 is 2.52 bits per heavy atom. The predicted molar refractivity (Wildman–Crippen MR) is 111 cm³/mol. The number of hydrogen-bond donors (Lipinski definition) is 2. The standard InChI is InChI=1S/C19H26N4O2.2ClH/c1-12-11-13(2)23(22-12)17-7-5-16(6-8-17)14(3)21-19(24)18-15(4)25-10-9-20-18;;/h5-8,11,14-15,18,20H,9-10H2,1-4H3,(H,21,24);2*1H/t14?,15-,18+;;/m1../s1. The number of benzene rings is 1. The van der Waals surface area contributed by atoms with Crippen LogP contribution in [0.3, 0.4) is 0 Å². The van der Waals surface area contributed by atoms with Gasteiger partial charge in [0.2, 0.25) is 5.91 Å². The summed E-state index contributed by atoms with van der Waals surface area (Å²) in [6.45, 7) is 9.29. The Morgan fingerprint density at radius 1 is 1.30 bits per heavy atom. The quantitative estimate of drug-likeness (QED) is 0.806. The van der Waals surface area contributed by atoms with Crippen LogP contribution < -0.4 is 10.6 Å². The van der Waals surface area contributed by atoms with Crippen molar-refractivity contribution >= 4 is 30.7 Å². The second-order valence-corrected chi connectivity index (χ2v) is 6.67. The van der Waals surface area contributed by atoms with Gasteiger partial charge in [-0.3, -0.25) is 4.79 Å². The fraction of sp³-hybridized carbons (Fsp3) is 0.474. The van der Waals surface area contributed by atoms with Crippen LogP contribution in [-0.4, -0.2) is 41.0 Å².